The molecular formula is C33H38F4N3O3PS. The van der Waals surface area contributed by atoms with E-state index in [1.807, 2.05) is 12.1 Å². The molecule has 242 valence electrons. The number of hydrogen-bond acceptors (Lipinski definition) is 7. The first-order valence-electron chi connectivity index (χ1n) is 15.3. The first-order chi connectivity index (χ1) is 21.5. The summed E-state index contributed by atoms with van der Waals surface area (Å²) in [7, 11) is -2.58. The molecule has 2 N–H and O–H groups in total. The number of fused-ring (bicyclic) bond motifs is 3. The molecule has 7 rings (SSSR count). The summed E-state index contributed by atoms with van der Waals surface area (Å²) in [5.41, 5.74) is 1.48. The zero-order chi connectivity index (χ0) is 31.8. The number of piperidine rings is 1. The highest BCUT2D eigenvalue weighted by atomic mass is 32.1. The number of thiophene rings is 1. The molecule has 3 saturated heterocycles. The molecule has 1 aliphatic carbocycles. The first-order valence-corrected chi connectivity index (χ1v) is 18.8. The van der Waals surface area contributed by atoms with Crippen LogP contribution < -0.4 is 20.7 Å². The molecule has 3 aliphatic heterocycles. The number of benzene rings is 2. The number of nitrogens with zero attached hydrogens (tertiary/aromatic N) is 1. The van der Waals surface area contributed by atoms with Gasteiger partial charge in [-0.15, -0.1) is 11.3 Å². The summed E-state index contributed by atoms with van der Waals surface area (Å²) >= 11 is 1.28. The Hall–Kier alpha value is -2.77. The minimum Gasteiger partial charge on any atom is -0.461 e. The van der Waals surface area contributed by atoms with Crippen LogP contribution in [-0.4, -0.2) is 75.2 Å². The Morgan fingerprint density at radius 1 is 1.09 bits per heavy atom. The number of anilines is 2. The SMILES string of the molecule is CP(C)(=O)c1ccc(NCC#Cc2sc3c(NC4CCC(N5CC6CC(C5)O6)CC4)cccc3c2CC(F)(F)F)c(OCF)c1. The molecule has 12 heteroatoms. The fourth-order valence-corrected chi connectivity index (χ4v) is 8.72. The third-order valence-corrected chi connectivity index (χ3v) is 11.6. The van der Waals surface area contributed by atoms with E-state index >= 15 is 0 Å². The van der Waals surface area contributed by atoms with Gasteiger partial charge in [0.1, 0.15) is 12.9 Å². The second kappa shape index (κ2) is 13.2. The lowest BCUT2D eigenvalue weighted by Crippen LogP contribution is -2.60. The molecule has 0 radical (unpaired) electrons. The molecule has 4 heterocycles. The fourth-order valence-electron chi connectivity index (χ4n) is 6.69. The lowest BCUT2D eigenvalue weighted by atomic mass is 9.87. The van der Waals surface area contributed by atoms with Crippen LogP contribution in [-0.2, 0) is 15.7 Å². The molecule has 3 aromatic rings. The van der Waals surface area contributed by atoms with Crippen LogP contribution >= 0.6 is 18.5 Å². The molecule has 4 aliphatic rings. The number of morpholine rings is 1. The van der Waals surface area contributed by atoms with Crippen molar-refractivity contribution in [3.8, 4) is 17.6 Å². The molecule has 45 heavy (non-hydrogen) atoms. The van der Waals surface area contributed by atoms with E-state index in [1.54, 1.807) is 31.5 Å². The standard InChI is InChI=1S/C33H38F4N3O3PS/c1-44(2,41)25-12-13-28(30(16-25)42-20-34)38-14-4-7-31-27(17-33(35,36)37)26-5-3-6-29(32(26)45-31)39-21-8-10-22(11-9-21)40-18-23-15-24(19-40)43-23/h3,5-6,12-13,16,21-24,38-39H,8-11,14-15,17-20H2,1-2H3. The molecular weight excluding hydrogens is 625 g/mol. The maximum Gasteiger partial charge on any atom is 0.393 e. The zero-order valence-electron chi connectivity index (χ0n) is 25.4. The average molecular weight is 664 g/mol. The Morgan fingerprint density at radius 2 is 1.82 bits per heavy atom. The van der Waals surface area contributed by atoms with Gasteiger partial charge in [-0.25, -0.2) is 4.39 Å². The van der Waals surface area contributed by atoms with Crippen LogP contribution in [0.2, 0.25) is 0 Å². The minimum absolute atomic E-state index is 0.0938. The summed E-state index contributed by atoms with van der Waals surface area (Å²) in [6.07, 6.45) is 0.736. The third kappa shape index (κ3) is 7.62. The highest BCUT2D eigenvalue weighted by Crippen LogP contribution is 2.41. The maximum absolute atomic E-state index is 13.7. The number of rotatable bonds is 9. The minimum atomic E-state index is -4.39. The molecule has 2 unspecified atom stereocenters. The van der Waals surface area contributed by atoms with Gasteiger partial charge in [0.05, 0.1) is 46.1 Å². The van der Waals surface area contributed by atoms with Crippen molar-refractivity contribution in [1.82, 2.24) is 4.90 Å². The first kappa shape index (κ1) is 32.2. The third-order valence-electron chi connectivity index (χ3n) is 8.92. The van der Waals surface area contributed by atoms with Gasteiger partial charge >= 0.3 is 6.18 Å². The summed E-state index contributed by atoms with van der Waals surface area (Å²) in [5, 5.41) is 7.82. The van der Waals surface area contributed by atoms with Gasteiger partial charge < -0.3 is 24.7 Å². The van der Waals surface area contributed by atoms with Crippen molar-refractivity contribution in [1.29, 1.82) is 0 Å². The molecule has 2 bridgehead atoms. The van der Waals surface area contributed by atoms with Crippen LogP contribution in [0.1, 0.15) is 42.5 Å². The fraction of sp³-hybridized carbons (Fsp3) is 0.515. The van der Waals surface area contributed by atoms with E-state index in [2.05, 4.69) is 27.4 Å². The van der Waals surface area contributed by atoms with E-state index in [0.717, 1.165) is 49.2 Å². The predicted octanol–water partition coefficient (Wildman–Crippen LogP) is 7.22. The quantitative estimate of drug-likeness (QED) is 0.143. The molecule has 0 spiro atoms. The highest BCUT2D eigenvalue weighted by Gasteiger charge is 2.41. The molecule has 6 nitrogen and oxygen atoms in total. The maximum atomic E-state index is 13.7. The van der Waals surface area contributed by atoms with Crippen molar-refractivity contribution < 1.29 is 31.6 Å². The van der Waals surface area contributed by atoms with Gasteiger partial charge in [-0.05, 0) is 74.2 Å². The summed E-state index contributed by atoms with van der Waals surface area (Å²) < 4.78 is 78.3. The van der Waals surface area contributed by atoms with Crippen molar-refractivity contribution in [2.24, 2.45) is 0 Å². The summed E-state index contributed by atoms with van der Waals surface area (Å²) in [5.74, 6) is 6.10. The van der Waals surface area contributed by atoms with E-state index in [-0.39, 0.29) is 23.9 Å². The average Bonchev–Trinajstić information content (AvgIpc) is 3.32. The van der Waals surface area contributed by atoms with E-state index in [1.165, 1.54) is 23.8 Å². The van der Waals surface area contributed by atoms with Crippen LogP contribution in [0.15, 0.2) is 36.4 Å². The molecule has 1 aromatic heterocycles. The summed E-state index contributed by atoms with van der Waals surface area (Å²) in [4.78, 5) is 2.96. The zero-order valence-corrected chi connectivity index (χ0v) is 27.1. The van der Waals surface area contributed by atoms with Gasteiger partial charge in [0.15, 0.2) is 0 Å². The van der Waals surface area contributed by atoms with Crippen LogP contribution in [0, 0.1) is 11.8 Å². The molecule has 4 fully saturated rings. The van der Waals surface area contributed by atoms with E-state index in [0.29, 0.717) is 39.5 Å². The Kier molecular flexibility index (Phi) is 9.41. The number of alkyl halides is 4. The van der Waals surface area contributed by atoms with E-state index in [4.69, 9.17) is 9.47 Å². The largest absolute Gasteiger partial charge is 0.461 e. The highest BCUT2D eigenvalue weighted by molar-refractivity contribution is 7.70. The summed E-state index contributed by atoms with van der Waals surface area (Å²) in [6, 6.07) is 11.2. The number of hydrogen-bond donors (Lipinski definition) is 2. The van der Waals surface area contributed by atoms with E-state index in [9.17, 15) is 22.1 Å². The van der Waals surface area contributed by atoms with Crippen LogP contribution in [0.5, 0.6) is 5.75 Å². The Morgan fingerprint density at radius 3 is 2.49 bits per heavy atom. The Bertz CT molecular complexity index is 1620. The van der Waals surface area contributed by atoms with Gasteiger partial charge in [-0.3, -0.25) is 4.90 Å². The van der Waals surface area contributed by atoms with Crippen LogP contribution in [0.3, 0.4) is 0 Å². The normalized spacial score (nSPS) is 23.6. The number of nitrogens with one attached hydrogen (secondary N) is 2. The van der Waals surface area contributed by atoms with Crippen LogP contribution in [0.4, 0.5) is 28.9 Å². The van der Waals surface area contributed by atoms with Gasteiger partial charge in [0.2, 0.25) is 6.86 Å². The van der Waals surface area contributed by atoms with Crippen molar-refractivity contribution in [3.05, 3.63) is 46.8 Å². The second-order valence-corrected chi connectivity index (χ2v) is 16.8. The second-order valence-electron chi connectivity index (χ2n) is 12.5. The smallest absolute Gasteiger partial charge is 0.393 e. The van der Waals surface area contributed by atoms with E-state index < -0.39 is 26.6 Å². The van der Waals surface area contributed by atoms with Crippen molar-refractivity contribution in [2.45, 2.75) is 69.0 Å². The van der Waals surface area contributed by atoms with Gasteiger partial charge in [-0.2, -0.15) is 13.2 Å². The lowest BCUT2D eigenvalue weighted by Gasteiger charge is -2.50. The van der Waals surface area contributed by atoms with Crippen molar-refractivity contribution in [2.75, 3.05) is 50.5 Å². The van der Waals surface area contributed by atoms with Crippen molar-refractivity contribution >= 4 is 45.2 Å². The van der Waals surface area contributed by atoms with Crippen molar-refractivity contribution in [3.63, 3.8) is 0 Å². The Balaban J connectivity index is 1.17. The summed E-state index contributed by atoms with van der Waals surface area (Å²) in [6.45, 7) is 4.31. The Labute approximate surface area is 265 Å². The van der Waals surface area contributed by atoms with Gasteiger partial charge in [-0.1, -0.05) is 24.0 Å². The number of ether oxygens (including phenoxy) is 2. The number of halogens is 4. The van der Waals surface area contributed by atoms with Crippen LogP contribution in [0.25, 0.3) is 10.1 Å². The molecule has 1 saturated carbocycles. The lowest BCUT2D eigenvalue weighted by molar-refractivity contribution is -0.189. The van der Waals surface area contributed by atoms with Gasteiger partial charge in [0.25, 0.3) is 0 Å². The predicted molar refractivity (Wildman–Crippen MR) is 174 cm³/mol. The van der Waals surface area contributed by atoms with Gasteiger partial charge in [0, 0.05) is 36.9 Å². The topological polar surface area (TPSA) is 62.8 Å². The monoisotopic (exact) mass is 663 g/mol. The molecule has 0 amide bonds. The molecule has 2 atom stereocenters. The molecule has 2 aromatic carbocycles.